The minimum atomic E-state index is -0.784. The van der Waals surface area contributed by atoms with Crippen LogP contribution in [0.4, 0.5) is 25.8 Å². The van der Waals surface area contributed by atoms with E-state index in [1.165, 1.54) is 18.2 Å². The molecule has 0 aliphatic heterocycles. The van der Waals surface area contributed by atoms with Gasteiger partial charge in [-0.15, -0.1) is 0 Å². The Kier molecular flexibility index (Phi) is 4.37. The maximum atomic E-state index is 13.7. The molecule has 0 fully saturated rings. The number of esters is 1. The van der Waals surface area contributed by atoms with Crippen LogP contribution in [0.25, 0.3) is 0 Å². The summed E-state index contributed by atoms with van der Waals surface area (Å²) >= 11 is 0. The Balaban J connectivity index is 2.46. The number of nitrogens with two attached hydrogens (primary N) is 1. The molecule has 2 aromatic rings. The number of nitrogen functional groups attached to an aromatic ring is 1. The van der Waals surface area contributed by atoms with Crippen molar-refractivity contribution >= 4 is 23.0 Å². The maximum Gasteiger partial charge on any atom is 0.340 e. The number of halogens is 2. The van der Waals surface area contributed by atoms with Gasteiger partial charge >= 0.3 is 5.97 Å². The maximum absolute atomic E-state index is 13.7. The molecule has 0 aromatic heterocycles. The smallest absolute Gasteiger partial charge is 0.340 e. The van der Waals surface area contributed by atoms with Gasteiger partial charge in [-0.2, -0.15) is 0 Å². The summed E-state index contributed by atoms with van der Waals surface area (Å²) in [4.78, 5) is 11.9. The van der Waals surface area contributed by atoms with Gasteiger partial charge in [0.1, 0.15) is 17.3 Å². The molecule has 3 N–H and O–H groups in total. The number of anilines is 3. The number of benzene rings is 2. The number of carbonyl (C=O) groups is 1. The fraction of sp³-hybridized carbons (Fsp3) is 0.133. The summed E-state index contributed by atoms with van der Waals surface area (Å²) in [5.41, 5.74) is 5.82. The summed E-state index contributed by atoms with van der Waals surface area (Å²) in [5.74, 6) is -2.19. The second-order valence-electron chi connectivity index (χ2n) is 4.21. The molecule has 0 heterocycles. The van der Waals surface area contributed by atoms with Gasteiger partial charge in [0.2, 0.25) is 0 Å². The van der Waals surface area contributed by atoms with Gasteiger partial charge in [0.25, 0.3) is 0 Å². The Hall–Kier alpha value is -2.63. The van der Waals surface area contributed by atoms with Crippen LogP contribution in [0.15, 0.2) is 36.4 Å². The van der Waals surface area contributed by atoms with E-state index in [9.17, 15) is 13.6 Å². The van der Waals surface area contributed by atoms with Crippen LogP contribution in [0, 0.1) is 11.6 Å². The fourth-order valence-corrected chi connectivity index (χ4v) is 1.83. The average Bonchev–Trinajstić information content (AvgIpc) is 2.44. The van der Waals surface area contributed by atoms with Gasteiger partial charge in [0, 0.05) is 0 Å². The van der Waals surface area contributed by atoms with Crippen LogP contribution >= 0.6 is 0 Å². The second kappa shape index (κ2) is 6.21. The summed E-state index contributed by atoms with van der Waals surface area (Å²) in [5, 5.41) is 2.54. The normalized spacial score (nSPS) is 10.2. The summed E-state index contributed by atoms with van der Waals surface area (Å²) in [6, 6.07) is 8.00. The van der Waals surface area contributed by atoms with E-state index in [0.717, 1.165) is 12.1 Å². The summed E-state index contributed by atoms with van der Waals surface area (Å²) in [6.45, 7) is 1.84. The molecule has 0 spiro atoms. The van der Waals surface area contributed by atoms with Gasteiger partial charge in [-0.05, 0) is 31.2 Å². The van der Waals surface area contributed by atoms with Gasteiger partial charge < -0.3 is 15.8 Å². The Morgan fingerprint density at radius 2 is 1.76 bits per heavy atom. The molecule has 0 atom stereocenters. The quantitative estimate of drug-likeness (QED) is 0.669. The molecule has 2 aromatic carbocycles. The van der Waals surface area contributed by atoms with E-state index in [4.69, 9.17) is 10.5 Å². The van der Waals surface area contributed by atoms with E-state index in [-0.39, 0.29) is 29.2 Å². The largest absolute Gasteiger partial charge is 0.462 e. The zero-order chi connectivity index (χ0) is 15.4. The lowest BCUT2D eigenvalue weighted by molar-refractivity contribution is 0.0527. The van der Waals surface area contributed by atoms with Crippen molar-refractivity contribution in [2.75, 3.05) is 17.7 Å². The molecule has 0 aliphatic carbocycles. The van der Waals surface area contributed by atoms with E-state index in [0.29, 0.717) is 0 Å². The SMILES string of the molecule is CCOC(=O)c1cccc(N)c1Nc1c(F)cccc1F. The first-order valence-electron chi connectivity index (χ1n) is 6.31. The molecule has 110 valence electrons. The third kappa shape index (κ3) is 3.10. The van der Waals surface area contributed by atoms with Crippen LogP contribution in [0.3, 0.4) is 0 Å². The van der Waals surface area contributed by atoms with Crippen LogP contribution in [0.1, 0.15) is 17.3 Å². The number of ether oxygens (including phenoxy) is 1. The van der Waals surface area contributed by atoms with Crippen molar-refractivity contribution in [1.82, 2.24) is 0 Å². The van der Waals surface area contributed by atoms with Gasteiger partial charge in [-0.1, -0.05) is 12.1 Å². The summed E-state index contributed by atoms with van der Waals surface area (Å²) < 4.78 is 32.3. The van der Waals surface area contributed by atoms with Crippen molar-refractivity contribution in [1.29, 1.82) is 0 Å². The van der Waals surface area contributed by atoms with Crippen LogP contribution in [-0.4, -0.2) is 12.6 Å². The van der Waals surface area contributed by atoms with E-state index < -0.39 is 17.6 Å². The molecule has 0 amide bonds. The van der Waals surface area contributed by atoms with Crippen LogP contribution in [-0.2, 0) is 4.74 Å². The van der Waals surface area contributed by atoms with E-state index in [1.807, 2.05) is 0 Å². The fourth-order valence-electron chi connectivity index (χ4n) is 1.83. The van der Waals surface area contributed by atoms with Crippen molar-refractivity contribution in [3.05, 3.63) is 53.6 Å². The minimum Gasteiger partial charge on any atom is -0.462 e. The lowest BCUT2D eigenvalue weighted by Crippen LogP contribution is -2.10. The number of para-hydroxylation sites is 2. The van der Waals surface area contributed by atoms with Gasteiger partial charge in [-0.3, -0.25) is 0 Å². The highest BCUT2D eigenvalue weighted by Gasteiger charge is 2.17. The van der Waals surface area contributed by atoms with Gasteiger partial charge in [-0.25, -0.2) is 13.6 Å². The molecule has 0 aliphatic rings. The molecule has 2 rings (SSSR count). The molecule has 0 unspecified atom stereocenters. The van der Waals surface area contributed by atoms with E-state index in [2.05, 4.69) is 5.32 Å². The summed E-state index contributed by atoms with van der Waals surface area (Å²) in [6.07, 6.45) is 0. The molecule has 0 bridgehead atoms. The highest BCUT2D eigenvalue weighted by atomic mass is 19.1. The number of nitrogens with one attached hydrogen (secondary N) is 1. The standard InChI is InChI=1S/C15H14F2N2O2/c1-2-21-15(20)9-5-3-8-12(18)13(9)19-14-10(16)6-4-7-11(14)17/h3-8,19H,2,18H2,1H3. The van der Waals surface area contributed by atoms with Crippen molar-refractivity contribution in [3.63, 3.8) is 0 Å². The Morgan fingerprint density at radius 3 is 2.38 bits per heavy atom. The third-order valence-electron chi connectivity index (χ3n) is 2.80. The van der Waals surface area contributed by atoms with E-state index in [1.54, 1.807) is 13.0 Å². The second-order valence-corrected chi connectivity index (χ2v) is 4.21. The predicted octanol–water partition coefficient (Wildman–Crippen LogP) is 3.47. The monoisotopic (exact) mass is 292 g/mol. The van der Waals surface area contributed by atoms with Crippen molar-refractivity contribution in [3.8, 4) is 0 Å². The molecular formula is C15H14F2N2O2. The zero-order valence-electron chi connectivity index (χ0n) is 11.3. The number of rotatable bonds is 4. The van der Waals surface area contributed by atoms with Gasteiger partial charge in [0.15, 0.2) is 0 Å². The molecule has 21 heavy (non-hydrogen) atoms. The summed E-state index contributed by atoms with van der Waals surface area (Å²) in [7, 11) is 0. The number of hydrogen-bond donors (Lipinski definition) is 2. The van der Waals surface area contributed by atoms with Crippen molar-refractivity contribution in [2.45, 2.75) is 6.92 Å². The lowest BCUT2D eigenvalue weighted by atomic mass is 10.1. The zero-order valence-corrected chi connectivity index (χ0v) is 11.3. The van der Waals surface area contributed by atoms with Crippen LogP contribution in [0.5, 0.6) is 0 Å². The molecule has 0 radical (unpaired) electrons. The lowest BCUT2D eigenvalue weighted by Gasteiger charge is -2.14. The van der Waals surface area contributed by atoms with E-state index >= 15 is 0 Å². The predicted molar refractivity (Wildman–Crippen MR) is 76.5 cm³/mol. The Morgan fingerprint density at radius 1 is 1.14 bits per heavy atom. The highest BCUT2D eigenvalue weighted by Crippen LogP contribution is 2.30. The molecular weight excluding hydrogens is 278 g/mol. The number of carbonyl (C=O) groups excluding carboxylic acids is 1. The first kappa shape index (κ1) is 14.8. The first-order chi connectivity index (χ1) is 10.0. The van der Waals surface area contributed by atoms with Gasteiger partial charge in [0.05, 0.1) is 23.5 Å². The Bertz CT molecular complexity index is 654. The molecule has 0 saturated heterocycles. The van der Waals surface area contributed by atoms with Crippen LogP contribution < -0.4 is 11.1 Å². The molecule has 6 heteroatoms. The van der Waals surface area contributed by atoms with Crippen molar-refractivity contribution in [2.24, 2.45) is 0 Å². The third-order valence-corrected chi connectivity index (χ3v) is 2.80. The van der Waals surface area contributed by atoms with Crippen LogP contribution in [0.2, 0.25) is 0 Å². The average molecular weight is 292 g/mol. The first-order valence-corrected chi connectivity index (χ1v) is 6.31. The van der Waals surface area contributed by atoms with Crippen molar-refractivity contribution < 1.29 is 18.3 Å². The topological polar surface area (TPSA) is 64.3 Å². The number of hydrogen-bond acceptors (Lipinski definition) is 4. The Labute approximate surface area is 120 Å². The molecule has 0 saturated carbocycles. The minimum absolute atomic E-state index is 0.111. The highest BCUT2D eigenvalue weighted by molar-refractivity contribution is 5.99. The molecule has 4 nitrogen and oxygen atoms in total.